The quantitative estimate of drug-likeness (QED) is 0.594. The molecule has 0 aliphatic heterocycles. The highest BCUT2D eigenvalue weighted by Gasteiger charge is 2.22. The maximum Gasteiger partial charge on any atom is 0.287 e. The molecule has 1 atom stereocenters. The molecule has 0 aliphatic carbocycles. The third-order valence-electron chi connectivity index (χ3n) is 4.32. The summed E-state index contributed by atoms with van der Waals surface area (Å²) in [6.07, 6.45) is 1.62. The van der Waals surface area contributed by atoms with Gasteiger partial charge in [-0.05, 0) is 44.2 Å². The van der Waals surface area contributed by atoms with Crippen LogP contribution in [-0.2, 0) is 0 Å². The van der Waals surface area contributed by atoms with Gasteiger partial charge in [-0.15, -0.1) is 0 Å². The van der Waals surface area contributed by atoms with Gasteiger partial charge in [0.15, 0.2) is 5.76 Å². The summed E-state index contributed by atoms with van der Waals surface area (Å²) in [6, 6.07) is 14.8. The number of para-hydroxylation sites is 1. The molecule has 3 aromatic heterocycles. The standard InChI is InChI=1S/C20H19N3O3/c1-13-10-14(2)23(22-13)16(18-8-5-9-25-18)12-21-20(24)19-11-15-6-3-4-7-17(15)26-19/h3-11,16H,12H2,1-2H3,(H,21,24)/t16-/m0/s1. The van der Waals surface area contributed by atoms with Gasteiger partial charge in [-0.1, -0.05) is 18.2 Å². The lowest BCUT2D eigenvalue weighted by molar-refractivity contribution is 0.0922. The van der Waals surface area contributed by atoms with E-state index in [2.05, 4.69) is 10.4 Å². The number of aryl methyl sites for hydroxylation is 2. The first-order chi connectivity index (χ1) is 12.6. The molecule has 0 bridgehead atoms. The topological polar surface area (TPSA) is 73.2 Å². The van der Waals surface area contributed by atoms with Crippen LogP contribution in [0, 0.1) is 13.8 Å². The number of nitrogens with one attached hydrogen (secondary N) is 1. The highest BCUT2D eigenvalue weighted by Crippen LogP contribution is 2.22. The number of benzene rings is 1. The van der Waals surface area contributed by atoms with Crippen LogP contribution < -0.4 is 5.32 Å². The van der Waals surface area contributed by atoms with Crippen molar-refractivity contribution in [1.82, 2.24) is 15.1 Å². The summed E-state index contributed by atoms with van der Waals surface area (Å²) >= 11 is 0. The predicted octanol–water partition coefficient (Wildman–Crippen LogP) is 3.86. The molecule has 1 aromatic carbocycles. The fraction of sp³-hybridized carbons (Fsp3) is 0.200. The average molecular weight is 349 g/mol. The number of amides is 1. The zero-order chi connectivity index (χ0) is 18.1. The molecule has 0 radical (unpaired) electrons. The van der Waals surface area contributed by atoms with Gasteiger partial charge < -0.3 is 14.2 Å². The van der Waals surface area contributed by atoms with Gasteiger partial charge in [0.05, 0.1) is 12.0 Å². The van der Waals surface area contributed by atoms with Crippen molar-refractivity contribution < 1.29 is 13.6 Å². The molecule has 3 heterocycles. The smallest absolute Gasteiger partial charge is 0.287 e. The van der Waals surface area contributed by atoms with Gasteiger partial charge in [-0.25, -0.2) is 0 Å². The van der Waals surface area contributed by atoms with E-state index in [1.165, 1.54) is 0 Å². The molecule has 6 nitrogen and oxygen atoms in total. The van der Waals surface area contributed by atoms with Crippen LogP contribution in [0.25, 0.3) is 11.0 Å². The first kappa shape index (κ1) is 16.2. The van der Waals surface area contributed by atoms with E-state index in [4.69, 9.17) is 8.83 Å². The molecule has 0 saturated heterocycles. The molecule has 0 unspecified atom stereocenters. The van der Waals surface area contributed by atoms with Crippen molar-refractivity contribution in [2.24, 2.45) is 0 Å². The number of carbonyl (C=O) groups excluding carboxylic acids is 1. The second-order valence-corrected chi connectivity index (χ2v) is 6.26. The lowest BCUT2D eigenvalue weighted by Crippen LogP contribution is -2.31. The average Bonchev–Trinajstić information content (AvgIpc) is 3.35. The summed E-state index contributed by atoms with van der Waals surface area (Å²) in [6.45, 7) is 4.26. The van der Waals surface area contributed by atoms with Gasteiger partial charge >= 0.3 is 0 Å². The van der Waals surface area contributed by atoms with E-state index in [1.807, 2.05) is 61.0 Å². The van der Waals surface area contributed by atoms with Crippen molar-refractivity contribution in [2.75, 3.05) is 6.54 Å². The van der Waals surface area contributed by atoms with Crippen molar-refractivity contribution >= 4 is 16.9 Å². The molecule has 4 rings (SSSR count). The number of rotatable bonds is 5. The molecular formula is C20H19N3O3. The Hall–Kier alpha value is -3.28. The number of hydrogen-bond acceptors (Lipinski definition) is 4. The molecule has 6 heteroatoms. The summed E-state index contributed by atoms with van der Waals surface area (Å²) in [5.74, 6) is 0.762. The Labute approximate surface area is 150 Å². The zero-order valence-electron chi connectivity index (χ0n) is 14.6. The Kier molecular flexibility index (Phi) is 4.08. The Balaban J connectivity index is 1.56. The minimum absolute atomic E-state index is 0.230. The second kappa shape index (κ2) is 6.55. The van der Waals surface area contributed by atoms with Crippen LogP contribution in [0.5, 0.6) is 0 Å². The van der Waals surface area contributed by atoms with E-state index >= 15 is 0 Å². The molecule has 0 saturated carbocycles. The lowest BCUT2D eigenvalue weighted by atomic mass is 10.2. The molecule has 26 heavy (non-hydrogen) atoms. The van der Waals surface area contributed by atoms with Gasteiger partial charge in [0.1, 0.15) is 17.4 Å². The Morgan fingerprint density at radius 3 is 2.73 bits per heavy atom. The summed E-state index contributed by atoms with van der Waals surface area (Å²) in [5, 5.41) is 8.37. The van der Waals surface area contributed by atoms with Crippen molar-refractivity contribution in [3.63, 3.8) is 0 Å². The molecule has 0 spiro atoms. The largest absolute Gasteiger partial charge is 0.467 e. The lowest BCUT2D eigenvalue weighted by Gasteiger charge is -2.17. The van der Waals surface area contributed by atoms with E-state index < -0.39 is 0 Å². The fourth-order valence-corrected chi connectivity index (χ4v) is 3.12. The molecule has 0 fully saturated rings. The number of nitrogens with zero attached hydrogens (tertiary/aromatic N) is 2. The van der Waals surface area contributed by atoms with Crippen LogP contribution in [0.1, 0.15) is 33.7 Å². The second-order valence-electron chi connectivity index (χ2n) is 6.26. The van der Waals surface area contributed by atoms with Gasteiger partial charge in [-0.2, -0.15) is 5.10 Å². The minimum Gasteiger partial charge on any atom is -0.467 e. The van der Waals surface area contributed by atoms with E-state index in [9.17, 15) is 4.79 Å². The normalized spacial score (nSPS) is 12.4. The van der Waals surface area contributed by atoms with Crippen LogP contribution in [0.2, 0.25) is 0 Å². The van der Waals surface area contributed by atoms with E-state index in [0.29, 0.717) is 12.1 Å². The van der Waals surface area contributed by atoms with Gasteiger partial charge in [0.2, 0.25) is 0 Å². The fourth-order valence-electron chi connectivity index (χ4n) is 3.12. The van der Waals surface area contributed by atoms with Gasteiger partial charge in [0.25, 0.3) is 5.91 Å². The first-order valence-corrected chi connectivity index (χ1v) is 8.45. The summed E-state index contributed by atoms with van der Waals surface area (Å²) in [5.41, 5.74) is 2.61. The Bertz CT molecular complexity index is 1010. The van der Waals surface area contributed by atoms with Crippen LogP contribution in [0.4, 0.5) is 0 Å². The van der Waals surface area contributed by atoms with Crippen LogP contribution >= 0.6 is 0 Å². The van der Waals surface area contributed by atoms with E-state index in [-0.39, 0.29) is 17.7 Å². The minimum atomic E-state index is -0.265. The van der Waals surface area contributed by atoms with Crippen LogP contribution in [-0.4, -0.2) is 22.2 Å². The monoisotopic (exact) mass is 349 g/mol. The van der Waals surface area contributed by atoms with Crippen LogP contribution in [0.3, 0.4) is 0 Å². The Morgan fingerprint density at radius 1 is 1.19 bits per heavy atom. The third kappa shape index (κ3) is 3.01. The zero-order valence-corrected chi connectivity index (χ0v) is 14.6. The number of furan rings is 2. The first-order valence-electron chi connectivity index (χ1n) is 8.45. The number of fused-ring (bicyclic) bond motifs is 1. The van der Waals surface area contributed by atoms with Crippen molar-refractivity contribution in [2.45, 2.75) is 19.9 Å². The third-order valence-corrected chi connectivity index (χ3v) is 4.32. The molecule has 132 valence electrons. The number of carbonyl (C=O) groups is 1. The summed E-state index contributed by atoms with van der Waals surface area (Å²) in [4.78, 5) is 12.5. The highest BCUT2D eigenvalue weighted by atomic mass is 16.3. The maximum absolute atomic E-state index is 12.5. The SMILES string of the molecule is Cc1cc(C)n([C@@H](CNC(=O)c2cc3ccccc3o2)c2ccco2)n1. The maximum atomic E-state index is 12.5. The summed E-state index contributed by atoms with van der Waals surface area (Å²) in [7, 11) is 0. The predicted molar refractivity (Wildman–Crippen MR) is 97.1 cm³/mol. The molecular weight excluding hydrogens is 330 g/mol. The van der Waals surface area contributed by atoms with Crippen molar-refractivity contribution in [1.29, 1.82) is 0 Å². The van der Waals surface area contributed by atoms with E-state index in [0.717, 1.165) is 22.5 Å². The van der Waals surface area contributed by atoms with Crippen LogP contribution in [0.15, 0.2) is 63.6 Å². The van der Waals surface area contributed by atoms with E-state index in [1.54, 1.807) is 12.3 Å². The molecule has 1 amide bonds. The molecule has 0 aliphatic rings. The van der Waals surface area contributed by atoms with Crippen molar-refractivity contribution in [3.05, 3.63) is 77.7 Å². The van der Waals surface area contributed by atoms with Crippen molar-refractivity contribution in [3.8, 4) is 0 Å². The number of hydrogen-bond donors (Lipinski definition) is 1. The summed E-state index contributed by atoms with van der Waals surface area (Å²) < 4.78 is 13.1. The molecule has 4 aromatic rings. The number of aromatic nitrogens is 2. The molecule has 1 N–H and O–H groups in total. The van der Waals surface area contributed by atoms with Gasteiger partial charge in [0, 0.05) is 17.6 Å². The van der Waals surface area contributed by atoms with Gasteiger partial charge in [-0.3, -0.25) is 9.48 Å². The highest BCUT2D eigenvalue weighted by molar-refractivity contribution is 5.96. The Morgan fingerprint density at radius 2 is 2.04 bits per heavy atom.